The molecule has 5 N–H and O–H groups in total. The molecule has 11 heavy (non-hydrogen) atoms. The molecule has 0 saturated heterocycles. The van der Waals surface area contributed by atoms with Gasteiger partial charge in [-0.15, -0.1) is 0 Å². The lowest BCUT2D eigenvalue weighted by Crippen LogP contribution is -2.23. The molecular weight excluding hydrogens is 142 g/mol. The minimum absolute atomic E-state index is 0.147. The van der Waals surface area contributed by atoms with E-state index in [4.69, 9.17) is 11.5 Å². The summed E-state index contributed by atoms with van der Waals surface area (Å²) in [6, 6.07) is 4.57. The summed E-state index contributed by atoms with van der Waals surface area (Å²) in [6.07, 6.45) is 0. The van der Waals surface area contributed by atoms with Crippen LogP contribution in [0.1, 0.15) is 11.7 Å². The molecule has 1 aromatic heterocycles. The first-order chi connectivity index (χ1) is 5.24. The van der Waals surface area contributed by atoms with Gasteiger partial charge < -0.3 is 16.5 Å². The zero-order valence-electron chi connectivity index (χ0n) is 6.08. The highest BCUT2D eigenvalue weighted by Crippen LogP contribution is 2.00. The van der Waals surface area contributed by atoms with Crippen molar-refractivity contribution in [1.82, 2.24) is 4.98 Å². The third-order valence-electron chi connectivity index (χ3n) is 1.44. The smallest absolute Gasteiger partial charge is 0.248 e. The SMILES string of the molecule is NCC(N)c1cccc(=O)[nH]1. The molecule has 0 amide bonds. The number of aromatic amines is 1. The second-order valence-corrected chi connectivity index (χ2v) is 2.31. The molecule has 1 atom stereocenters. The molecule has 60 valence electrons. The third-order valence-corrected chi connectivity index (χ3v) is 1.44. The molecule has 0 aliphatic rings. The topological polar surface area (TPSA) is 84.9 Å². The minimum atomic E-state index is -0.274. The van der Waals surface area contributed by atoms with Crippen LogP contribution in [-0.4, -0.2) is 11.5 Å². The molecule has 1 heterocycles. The Morgan fingerprint density at radius 2 is 2.27 bits per heavy atom. The fraction of sp³-hybridized carbons (Fsp3) is 0.286. The average Bonchev–Trinajstić information content (AvgIpc) is 2.03. The normalized spacial score (nSPS) is 12.9. The monoisotopic (exact) mass is 153 g/mol. The zero-order valence-corrected chi connectivity index (χ0v) is 6.08. The summed E-state index contributed by atoms with van der Waals surface area (Å²) in [5.41, 5.74) is 11.4. The Morgan fingerprint density at radius 1 is 1.55 bits per heavy atom. The Hall–Kier alpha value is -1.13. The van der Waals surface area contributed by atoms with Gasteiger partial charge in [-0.1, -0.05) is 6.07 Å². The Balaban J connectivity index is 2.96. The number of rotatable bonds is 2. The maximum atomic E-state index is 10.8. The lowest BCUT2D eigenvalue weighted by molar-refractivity contribution is 0.708. The first kappa shape index (κ1) is 7.97. The summed E-state index contributed by atoms with van der Waals surface area (Å²) in [5, 5.41) is 0. The predicted molar refractivity (Wildman–Crippen MR) is 43.0 cm³/mol. The lowest BCUT2D eigenvalue weighted by atomic mass is 10.2. The van der Waals surface area contributed by atoms with Gasteiger partial charge in [0.05, 0.1) is 6.04 Å². The molecular formula is C7H11N3O. The number of pyridine rings is 1. The predicted octanol–water partition coefficient (Wildman–Crippen LogP) is -0.667. The van der Waals surface area contributed by atoms with Crippen LogP contribution in [0.4, 0.5) is 0 Å². The van der Waals surface area contributed by atoms with Crippen molar-refractivity contribution in [3.63, 3.8) is 0 Å². The number of hydrogen-bond acceptors (Lipinski definition) is 3. The lowest BCUT2D eigenvalue weighted by Gasteiger charge is -2.06. The molecule has 0 aromatic carbocycles. The van der Waals surface area contributed by atoms with E-state index in [9.17, 15) is 4.79 Å². The van der Waals surface area contributed by atoms with Gasteiger partial charge >= 0.3 is 0 Å². The Labute approximate surface area is 64.2 Å². The summed E-state index contributed by atoms with van der Waals surface area (Å²) < 4.78 is 0. The van der Waals surface area contributed by atoms with E-state index in [-0.39, 0.29) is 11.6 Å². The number of nitrogens with two attached hydrogens (primary N) is 2. The van der Waals surface area contributed by atoms with Crippen LogP contribution in [0, 0.1) is 0 Å². The second-order valence-electron chi connectivity index (χ2n) is 2.31. The van der Waals surface area contributed by atoms with Gasteiger partial charge in [0.15, 0.2) is 0 Å². The Morgan fingerprint density at radius 3 is 2.82 bits per heavy atom. The maximum absolute atomic E-state index is 10.8. The van der Waals surface area contributed by atoms with Crippen LogP contribution in [0.15, 0.2) is 23.0 Å². The van der Waals surface area contributed by atoms with E-state index in [0.717, 1.165) is 0 Å². The van der Waals surface area contributed by atoms with Gasteiger partial charge in [-0.2, -0.15) is 0 Å². The molecule has 0 spiro atoms. The van der Waals surface area contributed by atoms with Crippen molar-refractivity contribution in [2.45, 2.75) is 6.04 Å². The van der Waals surface area contributed by atoms with E-state index >= 15 is 0 Å². The summed E-state index contributed by atoms with van der Waals surface area (Å²) in [6.45, 7) is 0.333. The highest BCUT2D eigenvalue weighted by atomic mass is 16.1. The van der Waals surface area contributed by atoms with Crippen LogP contribution < -0.4 is 17.0 Å². The van der Waals surface area contributed by atoms with Crippen LogP contribution in [0.3, 0.4) is 0 Å². The second kappa shape index (κ2) is 3.32. The number of H-pyrrole nitrogens is 1. The van der Waals surface area contributed by atoms with Crippen LogP contribution >= 0.6 is 0 Å². The molecule has 0 fully saturated rings. The van der Waals surface area contributed by atoms with Crippen molar-refractivity contribution >= 4 is 0 Å². The highest BCUT2D eigenvalue weighted by Gasteiger charge is 2.01. The molecule has 1 rings (SSSR count). The van der Waals surface area contributed by atoms with Crippen LogP contribution in [-0.2, 0) is 0 Å². The molecule has 0 radical (unpaired) electrons. The van der Waals surface area contributed by atoms with Gasteiger partial charge in [-0.25, -0.2) is 0 Å². The average molecular weight is 153 g/mol. The van der Waals surface area contributed by atoms with Crippen molar-refractivity contribution in [3.8, 4) is 0 Å². The number of nitrogens with one attached hydrogen (secondary N) is 1. The van der Waals surface area contributed by atoms with E-state index < -0.39 is 0 Å². The third kappa shape index (κ3) is 1.89. The number of aromatic nitrogens is 1. The highest BCUT2D eigenvalue weighted by molar-refractivity contribution is 5.08. The van der Waals surface area contributed by atoms with Crippen molar-refractivity contribution in [3.05, 3.63) is 34.2 Å². The molecule has 1 aromatic rings. The van der Waals surface area contributed by atoms with E-state index in [1.165, 1.54) is 6.07 Å². The quantitative estimate of drug-likeness (QED) is 0.527. The molecule has 1 unspecified atom stereocenters. The van der Waals surface area contributed by atoms with Gasteiger partial charge in [0.1, 0.15) is 0 Å². The van der Waals surface area contributed by atoms with Gasteiger partial charge in [0.2, 0.25) is 5.56 Å². The summed E-state index contributed by atoms with van der Waals surface area (Å²) in [7, 11) is 0. The van der Waals surface area contributed by atoms with Crippen LogP contribution in [0.2, 0.25) is 0 Å². The van der Waals surface area contributed by atoms with E-state index in [1.807, 2.05) is 0 Å². The first-order valence-corrected chi connectivity index (χ1v) is 3.39. The maximum Gasteiger partial charge on any atom is 0.248 e. The molecule has 0 saturated carbocycles. The Kier molecular flexibility index (Phi) is 2.40. The van der Waals surface area contributed by atoms with E-state index in [1.54, 1.807) is 12.1 Å². The van der Waals surface area contributed by atoms with Gasteiger partial charge in [0.25, 0.3) is 0 Å². The zero-order chi connectivity index (χ0) is 8.27. The van der Waals surface area contributed by atoms with E-state index in [2.05, 4.69) is 4.98 Å². The van der Waals surface area contributed by atoms with Crippen molar-refractivity contribution in [2.75, 3.05) is 6.54 Å². The van der Waals surface area contributed by atoms with Crippen molar-refractivity contribution in [2.24, 2.45) is 11.5 Å². The fourth-order valence-electron chi connectivity index (χ4n) is 0.808. The summed E-state index contributed by atoms with van der Waals surface area (Å²) >= 11 is 0. The first-order valence-electron chi connectivity index (χ1n) is 3.39. The Bertz CT molecular complexity index is 281. The van der Waals surface area contributed by atoms with Gasteiger partial charge in [-0.3, -0.25) is 4.79 Å². The van der Waals surface area contributed by atoms with Gasteiger partial charge in [-0.05, 0) is 6.07 Å². The molecule has 0 bridgehead atoms. The van der Waals surface area contributed by atoms with Crippen LogP contribution in [0.5, 0.6) is 0 Å². The molecule has 4 nitrogen and oxygen atoms in total. The number of hydrogen-bond donors (Lipinski definition) is 3. The summed E-state index contributed by atoms with van der Waals surface area (Å²) in [5.74, 6) is 0. The minimum Gasteiger partial charge on any atom is -0.329 e. The van der Waals surface area contributed by atoms with Crippen molar-refractivity contribution in [1.29, 1.82) is 0 Å². The fourth-order valence-corrected chi connectivity index (χ4v) is 0.808. The van der Waals surface area contributed by atoms with E-state index in [0.29, 0.717) is 12.2 Å². The largest absolute Gasteiger partial charge is 0.329 e. The molecule has 0 aliphatic heterocycles. The molecule has 4 heteroatoms. The standard InChI is InChI=1S/C7H11N3O/c8-4-5(9)6-2-1-3-7(11)10-6/h1-3,5H,4,8-9H2,(H,10,11). The van der Waals surface area contributed by atoms with Crippen molar-refractivity contribution < 1.29 is 0 Å². The van der Waals surface area contributed by atoms with Crippen LogP contribution in [0.25, 0.3) is 0 Å². The van der Waals surface area contributed by atoms with Gasteiger partial charge in [0, 0.05) is 18.3 Å². The molecule has 0 aliphatic carbocycles. The summed E-state index contributed by atoms with van der Waals surface area (Å²) in [4.78, 5) is 13.4.